The molecule has 4 heteroatoms. The number of benzene rings is 1. The number of hydrogen-bond acceptors (Lipinski definition) is 3. The number of rotatable bonds is 3. The van der Waals surface area contributed by atoms with Crippen LogP contribution in [0.2, 0.25) is 0 Å². The van der Waals surface area contributed by atoms with Gasteiger partial charge in [-0.2, -0.15) is 0 Å². The van der Waals surface area contributed by atoms with E-state index in [2.05, 4.69) is 10.2 Å². The minimum Gasteiger partial charge on any atom is -0.360 e. The lowest BCUT2D eigenvalue weighted by Crippen LogP contribution is -2.40. The fourth-order valence-corrected chi connectivity index (χ4v) is 1.86. The Balaban J connectivity index is 2.17. The molecule has 0 spiro atoms. The van der Waals surface area contributed by atoms with Crippen LogP contribution in [0.5, 0.6) is 0 Å². The van der Waals surface area contributed by atoms with Gasteiger partial charge in [0.15, 0.2) is 0 Å². The molecule has 0 saturated carbocycles. The zero-order valence-electron chi connectivity index (χ0n) is 9.44. The van der Waals surface area contributed by atoms with Crippen LogP contribution in [0.3, 0.4) is 0 Å². The van der Waals surface area contributed by atoms with Gasteiger partial charge in [0.2, 0.25) is 5.91 Å². The number of hydrogen-bond donors (Lipinski definition) is 2. The first kappa shape index (κ1) is 11.0. The quantitative estimate of drug-likeness (QED) is 0.802. The SMILES string of the molecule is CC(N)CCN1CC(=O)Nc2ccccc21. The van der Waals surface area contributed by atoms with E-state index in [-0.39, 0.29) is 11.9 Å². The number of amides is 1. The van der Waals surface area contributed by atoms with Crippen LogP contribution >= 0.6 is 0 Å². The Morgan fingerprint density at radius 1 is 1.50 bits per heavy atom. The maximum absolute atomic E-state index is 11.5. The Morgan fingerprint density at radius 3 is 3.00 bits per heavy atom. The Bertz CT molecular complexity index is 390. The first-order chi connectivity index (χ1) is 7.66. The number of carbonyl (C=O) groups excluding carboxylic acids is 1. The molecule has 3 N–H and O–H groups in total. The predicted molar refractivity (Wildman–Crippen MR) is 65.6 cm³/mol. The number of nitrogens with two attached hydrogens (primary N) is 1. The van der Waals surface area contributed by atoms with Crippen molar-refractivity contribution < 1.29 is 4.79 Å². The van der Waals surface area contributed by atoms with Gasteiger partial charge in [-0.1, -0.05) is 12.1 Å². The van der Waals surface area contributed by atoms with Gasteiger partial charge in [-0.05, 0) is 25.5 Å². The third-order valence-corrected chi connectivity index (χ3v) is 2.71. The Hall–Kier alpha value is -1.55. The van der Waals surface area contributed by atoms with Gasteiger partial charge in [-0.3, -0.25) is 4.79 Å². The van der Waals surface area contributed by atoms with Crippen molar-refractivity contribution in [3.63, 3.8) is 0 Å². The van der Waals surface area contributed by atoms with Crippen LogP contribution in [0.25, 0.3) is 0 Å². The summed E-state index contributed by atoms with van der Waals surface area (Å²) >= 11 is 0. The van der Waals surface area contributed by atoms with E-state index in [1.807, 2.05) is 31.2 Å². The molecule has 1 aliphatic rings. The highest BCUT2D eigenvalue weighted by molar-refractivity contribution is 6.01. The molecule has 1 aromatic carbocycles. The first-order valence-corrected chi connectivity index (χ1v) is 5.56. The minimum absolute atomic E-state index is 0.0448. The molecule has 0 aromatic heterocycles. The van der Waals surface area contributed by atoms with Gasteiger partial charge in [-0.25, -0.2) is 0 Å². The lowest BCUT2D eigenvalue weighted by atomic mass is 10.1. The molecule has 0 bridgehead atoms. The molecule has 1 heterocycles. The third kappa shape index (κ3) is 2.33. The van der Waals surface area contributed by atoms with Crippen LogP contribution in [0.15, 0.2) is 24.3 Å². The van der Waals surface area contributed by atoms with Crippen LogP contribution < -0.4 is 16.0 Å². The summed E-state index contributed by atoms with van der Waals surface area (Å²) in [7, 11) is 0. The van der Waals surface area contributed by atoms with Gasteiger partial charge in [0.05, 0.1) is 17.9 Å². The standard InChI is InChI=1S/C12H17N3O/c1-9(13)6-7-15-8-12(16)14-10-4-2-3-5-11(10)15/h2-5,9H,6-8,13H2,1H3,(H,14,16). The molecule has 1 atom stereocenters. The lowest BCUT2D eigenvalue weighted by Gasteiger charge is -2.31. The second-order valence-corrected chi connectivity index (χ2v) is 4.25. The van der Waals surface area contributed by atoms with Gasteiger partial charge in [-0.15, -0.1) is 0 Å². The number of nitrogens with zero attached hydrogens (tertiary/aromatic N) is 1. The van der Waals surface area contributed by atoms with E-state index in [9.17, 15) is 4.79 Å². The van der Waals surface area contributed by atoms with Crippen molar-refractivity contribution in [3.8, 4) is 0 Å². The van der Waals surface area contributed by atoms with E-state index in [0.717, 1.165) is 24.3 Å². The summed E-state index contributed by atoms with van der Waals surface area (Å²) in [5.74, 6) is 0.0448. The summed E-state index contributed by atoms with van der Waals surface area (Å²) in [6.45, 7) is 3.22. The zero-order valence-corrected chi connectivity index (χ0v) is 9.44. The predicted octanol–water partition coefficient (Wildman–Crippen LogP) is 1.18. The second kappa shape index (κ2) is 4.53. The highest BCUT2D eigenvalue weighted by Crippen LogP contribution is 2.28. The largest absolute Gasteiger partial charge is 0.360 e. The topological polar surface area (TPSA) is 58.4 Å². The van der Waals surface area contributed by atoms with Gasteiger partial charge in [0.1, 0.15) is 0 Å². The van der Waals surface area contributed by atoms with Crippen LogP contribution in [0, 0.1) is 0 Å². The molecule has 4 nitrogen and oxygen atoms in total. The van der Waals surface area contributed by atoms with E-state index in [0.29, 0.717) is 6.54 Å². The van der Waals surface area contributed by atoms with E-state index < -0.39 is 0 Å². The number of anilines is 2. The van der Waals surface area contributed by atoms with Crippen molar-refractivity contribution in [1.29, 1.82) is 0 Å². The van der Waals surface area contributed by atoms with Crippen LogP contribution in [0.4, 0.5) is 11.4 Å². The van der Waals surface area contributed by atoms with Crippen LogP contribution in [-0.4, -0.2) is 25.0 Å². The summed E-state index contributed by atoms with van der Waals surface area (Å²) in [4.78, 5) is 13.6. The van der Waals surface area contributed by atoms with Gasteiger partial charge in [0, 0.05) is 12.6 Å². The van der Waals surface area contributed by atoms with Crippen LogP contribution in [-0.2, 0) is 4.79 Å². The van der Waals surface area contributed by atoms with E-state index >= 15 is 0 Å². The summed E-state index contributed by atoms with van der Waals surface area (Å²) in [5.41, 5.74) is 7.71. The van der Waals surface area contributed by atoms with E-state index in [1.54, 1.807) is 0 Å². The highest BCUT2D eigenvalue weighted by atomic mass is 16.2. The van der Waals surface area contributed by atoms with Crippen LogP contribution in [0.1, 0.15) is 13.3 Å². The fraction of sp³-hybridized carbons (Fsp3) is 0.417. The molecule has 2 rings (SSSR count). The molecular formula is C12H17N3O. The van der Waals surface area contributed by atoms with Crippen molar-refractivity contribution in [3.05, 3.63) is 24.3 Å². The second-order valence-electron chi connectivity index (χ2n) is 4.25. The highest BCUT2D eigenvalue weighted by Gasteiger charge is 2.20. The number of fused-ring (bicyclic) bond motifs is 1. The number of para-hydroxylation sites is 2. The molecule has 0 radical (unpaired) electrons. The Morgan fingerprint density at radius 2 is 2.25 bits per heavy atom. The molecule has 86 valence electrons. The lowest BCUT2D eigenvalue weighted by molar-refractivity contribution is -0.115. The molecule has 0 aliphatic carbocycles. The molecule has 1 amide bonds. The molecule has 1 aromatic rings. The minimum atomic E-state index is 0.0448. The van der Waals surface area contributed by atoms with Gasteiger partial charge < -0.3 is 16.0 Å². The molecule has 1 unspecified atom stereocenters. The third-order valence-electron chi connectivity index (χ3n) is 2.71. The van der Waals surface area contributed by atoms with Gasteiger partial charge in [0.25, 0.3) is 0 Å². The molecular weight excluding hydrogens is 202 g/mol. The summed E-state index contributed by atoms with van der Waals surface area (Å²) in [5, 5.41) is 2.87. The molecule has 0 fully saturated rings. The van der Waals surface area contributed by atoms with Crippen molar-refractivity contribution in [2.75, 3.05) is 23.3 Å². The molecule has 16 heavy (non-hydrogen) atoms. The van der Waals surface area contributed by atoms with Crippen molar-refractivity contribution >= 4 is 17.3 Å². The summed E-state index contributed by atoms with van der Waals surface area (Å²) in [6.07, 6.45) is 0.890. The monoisotopic (exact) mass is 219 g/mol. The number of nitrogens with one attached hydrogen (secondary N) is 1. The van der Waals surface area contributed by atoms with Crippen molar-refractivity contribution in [1.82, 2.24) is 0 Å². The molecule has 1 aliphatic heterocycles. The maximum Gasteiger partial charge on any atom is 0.243 e. The summed E-state index contributed by atoms with van der Waals surface area (Å²) in [6, 6.07) is 8.02. The fourth-order valence-electron chi connectivity index (χ4n) is 1.86. The first-order valence-electron chi connectivity index (χ1n) is 5.56. The van der Waals surface area contributed by atoms with Gasteiger partial charge >= 0.3 is 0 Å². The van der Waals surface area contributed by atoms with E-state index in [1.165, 1.54) is 0 Å². The number of carbonyl (C=O) groups is 1. The normalized spacial score (nSPS) is 16.6. The summed E-state index contributed by atoms with van der Waals surface area (Å²) < 4.78 is 0. The van der Waals surface area contributed by atoms with Crippen molar-refractivity contribution in [2.24, 2.45) is 5.73 Å². The molecule has 0 saturated heterocycles. The average molecular weight is 219 g/mol. The maximum atomic E-state index is 11.5. The van der Waals surface area contributed by atoms with Crippen molar-refractivity contribution in [2.45, 2.75) is 19.4 Å². The van der Waals surface area contributed by atoms with E-state index in [4.69, 9.17) is 5.73 Å². The smallest absolute Gasteiger partial charge is 0.243 e. The average Bonchev–Trinajstić information content (AvgIpc) is 2.25. The Kier molecular flexibility index (Phi) is 3.10. The zero-order chi connectivity index (χ0) is 11.5. The Labute approximate surface area is 95.4 Å².